The van der Waals surface area contributed by atoms with Gasteiger partial charge in [-0.1, -0.05) is 25.4 Å². The molecule has 0 saturated carbocycles. The first-order valence-corrected chi connectivity index (χ1v) is 8.68. The molecule has 8 heteroatoms. The maximum absolute atomic E-state index is 13.3. The Morgan fingerprint density at radius 1 is 1.41 bits per heavy atom. The smallest absolute Gasteiger partial charge is 0.368 e. The number of halogens is 4. The number of hydrogen-bond acceptors (Lipinski definition) is 3. The van der Waals surface area contributed by atoms with Crippen LogP contribution in [0.2, 0.25) is 0 Å². The van der Waals surface area contributed by atoms with Crippen LogP contribution in [0.1, 0.15) is 44.7 Å². The van der Waals surface area contributed by atoms with Crippen molar-refractivity contribution in [1.82, 2.24) is 0 Å². The fourth-order valence-electron chi connectivity index (χ4n) is 3.60. The van der Waals surface area contributed by atoms with Crippen molar-refractivity contribution in [1.29, 1.82) is 5.26 Å². The van der Waals surface area contributed by atoms with Crippen molar-refractivity contribution in [2.75, 3.05) is 11.4 Å². The summed E-state index contributed by atoms with van der Waals surface area (Å²) >= 11 is 6.41. The van der Waals surface area contributed by atoms with Gasteiger partial charge in [-0.25, -0.2) is 0 Å². The second kappa shape index (κ2) is 8.63. The minimum Gasteiger partial charge on any atom is -0.368 e. The van der Waals surface area contributed by atoms with E-state index in [4.69, 9.17) is 16.9 Å². The Labute approximate surface area is 165 Å². The Morgan fingerprint density at radius 2 is 2.04 bits per heavy atom. The summed E-state index contributed by atoms with van der Waals surface area (Å²) in [4.78, 5) is 13.0. The Bertz CT molecular complexity index is 784. The summed E-state index contributed by atoms with van der Waals surface area (Å²) in [5.74, 6) is 0. The van der Waals surface area contributed by atoms with Crippen molar-refractivity contribution in [2.24, 2.45) is 5.41 Å². The van der Waals surface area contributed by atoms with Crippen LogP contribution in [-0.2, 0) is 11.0 Å². The zero-order valence-electron chi connectivity index (χ0n) is 15.5. The number of carbonyl (C=O) groups excluding carboxylic acids is 1. The van der Waals surface area contributed by atoms with Crippen LogP contribution in [0.15, 0.2) is 28.8 Å². The number of anilines is 1. The fourth-order valence-corrected chi connectivity index (χ4v) is 3.87. The first-order chi connectivity index (χ1) is 12.1. The number of nitriles is 1. The molecule has 27 heavy (non-hydrogen) atoms. The molecular weight excluding hydrogens is 396 g/mol. The van der Waals surface area contributed by atoms with E-state index in [1.807, 2.05) is 25.7 Å². The highest BCUT2D eigenvalue weighted by molar-refractivity contribution is 6.92. The van der Waals surface area contributed by atoms with E-state index in [0.717, 1.165) is 12.4 Å². The quantitative estimate of drug-likeness (QED) is 0.489. The minimum absolute atomic E-state index is 0. The lowest BCUT2D eigenvalue weighted by atomic mass is 9.74. The van der Waals surface area contributed by atoms with Gasteiger partial charge < -0.3 is 4.90 Å². The van der Waals surface area contributed by atoms with Gasteiger partial charge in [-0.05, 0) is 38.0 Å². The van der Waals surface area contributed by atoms with Gasteiger partial charge in [0.1, 0.15) is 6.29 Å². The highest BCUT2D eigenvalue weighted by Crippen LogP contribution is 2.46. The first-order valence-electron chi connectivity index (χ1n) is 8.30. The van der Waals surface area contributed by atoms with Crippen molar-refractivity contribution < 1.29 is 18.0 Å². The van der Waals surface area contributed by atoms with Crippen LogP contribution in [-0.4, -0.2) is 18.9 Å². The summed E-state index contributed by atoms with van der Waals surface area (Å²) in [6.45, 7) is 6.10. The summed E-state index contributed by atoms with van der Waals surface area (Å²) in [5.41, 5.74) is -1.00. The number of hydrogen-bond donors (Lipinski definition) is 0. The molecule has 2 rings (SSSR count). The lowest BCUT2D eigenvalue weighted by molar-refractivity contribution is -0.137. The van der Waals surface area contributed by atoms with Crippen molar-refractivity contribution in [2.45, 2.75) is 45.8 Å². The summed E-state index contributed by atoms with van der Waals surface area (Å²) in [5, 5.41) is 9.42. The summed E-state index contributed by atoms with van der Waals surface area (Å²) in [6, 6.07) is 5.17. The monoisotopic (exact) mass is 418 g/mol. The number of rotatable bonds is 4. The van der Waals surface area contributed by atoms with Gasteiger partial charge in [0.25, 0.3) is 0 Å². The van der Waals surface area contributed by atoms with Gasteiger partial charge >= 0.3 is 6.18 Å². The maximum Gasteiger partial charge on any atom is 0.417 e. The molecule has 0 saturated heterocycles. The summed E-state index contributed by atoms with van der Waals surface area (Å²) < 4.78 is 39.9. The molecule has 2 atom stereocenters. The van der Waals surface area contributed by atoms with E-state index < -0.39 is 22.7 Å². The number of benzene rings is 1. The summed E-state index contributed by atoms with van der Waals surface area (Å²) in [7, 11) is 0. The molecule has 0 fully saturated rings. The van der Waals surface area contributed by atoms with Crippen LogP contribution in [0.5, 0.6) is 0 Å². The van der Waals surface area contributed by atoms with E-state index in [2.05, 4.69) is 0 Å². The van der Waals surface area contributed by atoms with Crippen LogP contribution < -0.4 is 4.90 Å². The van der Waals surface area contributed by atoms with E-state index in [-0.39, 0.29) is 15.9 Å². The predicted molar refractivity (Wildman–Crippen MR) is 106 cm³/mol. The molecule has 0 N–H and O–H groups in total. The second-order valence-corrected chi connectivity index (χ2v) is 7.24. The highest BCUT2D eigenvalue weighted by atomic mass is 35.5. The average Bonchev–Trinajstić information content (AvgIpc) is 2.58. The van der Waals surface area contributed by atoms with E-state index in [1.54, 1.807) is 6.07 Å². The van der Waals surface area contributed by atoms with Crippen LogP contribution >= 0.6 is 21.5 Å². The van der Waals surface area contributed by atoms with Gasteiger partial charge in [0.15, 0.2) is 0 Å². The second-order valence-electron chi connectivity index (χ2n) is 6.86. The van der Waals surface area contributed by atoms with Crippen LogP contribution in [0.4, 0.5) is 18.9 Å². The zero-order valence-corrected chi connectivity index (χ0v) is 17.7. The van der Waals surface area contributed by atoms with Crippen molar-refractivity contribution in [3.05, 3.63) is 39.9 Å². The molecule has 1 aliphatic carbocycles. The van der Waals surface area contributed by atoms with Crippen LogP contribution in [0.25, 0.3) is 0 Å². The highest BCUT2D eigenvalue weighted by Gasteiger charge is 2.41. The van der Waals surface area contributed by atoms with Gasteiger partial charge in [0.05, 0.1) is 17.2 Å². The van der Waals surface area contributed by atoms with Crippen LogP contribution in [0.3, 0.4) is 0 Å². The third kappa shape index (κ3) is 4.47. The third-order valence-corrected chi connectivity index (χ3v) is 5.72. The average molecular weight is 419 g/mol. The normalized spacial score (nSPS) is 19.1. The molecule has 1 aliphatic rings. The fraction of sp³-hybridized carbons (Fsp3) is 0.474. The Balaban J connectivity index is 0.00000364. The number of aldehydes is 1. The van der Waals surface area contributed by atoms with Gasteiger partial charge in [-0.3, -0.25) is 4.79 Å². The number of nitrogens with zero attached hydrogens (tertiary/aromatic N) is 2. The number of allylic oxidation sites excluding steroid dienone is 1. The van der Waals surface area contributed by atoms with Gasteiger partial charge in [-0.2, -0.15) is 28.3 Å². The largest absolute Gasteiger partial charge is 0.417 e. The van der Waals surface area contributed by atoms with Gasteiger partial charge in [0.2, 0.25) is 0 Å². The molecule has 0 heterocycles. The molecule has 3 nitrogen and oxygen atoms in total. The van der Waals surface area contributed by atoms with Crippen LogP contribution in [0, 0.1) is 16.7 Å². The molecule has 0 amide bonds. The Morgan fingerprint density at radius 3 is 2.52 bits per heavy atom. The molecule has 2 unspecified atom stereocenters. The van der Waals surface area contributed by atoms with Crippen molar-refractivity contribution in [3.8, 4) is 6.07 Å². The Hall–Kier alpha value is -1.57. The molecule has 1 aromatic carbocycles. The standard InChI is InChI=1S/C19H20ClF3N2O.H3P/c1-4-25(16-8-6-13(11-26)17(20)18(16,2)3)14-7-5-12(10-24)15(9-14)19(21,22)23;/h5,7,9,11,16H,4,6,8H2,1-3H3;1H3. The molecule has 0 aromatic heterocycles. The SMILES string of the molecule is CCN(c1ccc(C#N)c(C(F)(F)F)c1)C1CCC(C=O)=C(Cl)C1(C)C.P. The molecule has 1 aromatic rings. The van der Waals surface area contributed by atoms with Gasteiger partial charge in [0, 0.05) is 34.3 Å². The molecule has 0 radical (unpaired) electrons. The molecule has 148 valence electrons. The molecule has 0 bridgehead atoms. The topological polar surface area (TPSA) is 44.1 Å². The lowest BCUT2D eigenvalue weighted by Gasteiger charge is -2.46. The molecular formula is C19H23ClF3N2OP. The number of alkyl halides is 3. The van der Waals surface area contributed by atoms with Crippen molar-refractivity contribution in [3.63, 3.8) is 0 Å². The first kappa shape index (κ1) is 23.5. The predicted octanol–water partition coefficient (Wildman–Crippen LogP) is 5.34. The van der Waals surface area contributed by atoms with Crippen molar-refractivity contribution >= 4 is 33.5 Å². The number of carbonyl (C=O) groups is 1. The minimum atomic E-state index is -4.61. The van der Waals surface area contributed by atoms with E-state index in [0.29, 0.717) is 35.7 Å². The van der Waals surface area contributed by atoms with E-state index in [1.165, 1.54) is 12.1 Å². The zero-order chi connectivity index (χ0) is 19.7. The molecule has 0 aliphatic heterocycles. The Kier molecular flexibility index (Phi) is 7.50. The summed E-state index contributed by atoms with van der Waals surface area (Å²) in [6.07, 6.45) is -2.77. The third-order valence-electron chi connectivity index (χ3n) is 4.99. The van der Waals surface area contributed by atoms with Gasteiger partial charge in [-0.15, -0.1) is 0 Å². The molecule has 0 spiro atoms. The maximum atomic E-state index is 13.3. The lowest BCUT2D eigenvalue weighted by Crippen LogP contribution is -2.48. The van der Waals surface area contributed by atoms with E-state index in [9.17, 15) is 18.0 Å². The van der Waals surface area contributed by atoms with E-state index >= 15 is 0 Å².